The first kappa shape index (κ1) is 26.0. The van der Waals surface area contributed by atoms with Crippen molar-refractivity contribution >= 4 is 0 Å². The Morgan fingerprint density at radius 1 is 0.529 bits per heavy atom. The van der Waals surface area contributed by atoms with Crippen LogP contribution in [0.4, 0.5) is 0 Å². The zero-order valence-corrected chi connectivity index (χ0v) is 24.0. The minimum absolute atomic E-state index is 0. The van der Waals surface area contributed by atoms with Gasteiger partial charge in [0.1, 0.15) is 0 Å². The van der Waals surface area contributed by atoms with E-state index >= 15 is 0 Å². The predicted octanol–water partition coefficient (Wildman–Crippen LogP) is 5.12. The summed E-state index contributed by atoms with van der Waals surface area (Å²) < 4.78 is 3.57. The van der Waals surface area contributed by atoms with Crippen LogP contribution >= 0.6 is 0 Å². The third-order valence-corrected chi connectivity index (χ3v) is 7.14. The maximum Gasteiger partial charge on any atom is 2.00 e. The number of aryl methyl sites for hydroxylation is 4. The molecule has 6 nitrogen and oxygen atoms in total. The molecule has 0 saturated carbocycles. The van der Waals surface area contributed by atoms with Crippen LogP contribution in [-0.2, 0) is 27.5 Å². The van der Waals surface area contributed by atoms with E-state index < -0.39 is 0 Å². The molecule has 7 heteroatoms. The second kappa shape index (κ2) is 9.57. The standard InChI is InChI=1S/C27H32N6.Pt/c1-14-12-32(30-22(14)9)26-20(7)16(3)18(5)24(28-26)11-25-19(6)17(4)21(8)27(29-25)33-13-15(2)23(10)31-33;/h11H2,1-10H3;/q-2;+2. The summed E-state index contributed by atoms with van der Waals surface area (Å²) in [7, 11) is 0. The SMILES string of the molecule is Cc1[c-]n(-c2nc(Cc3nc(-n4[c-]c(C)c(C)n4)c(C)c(C)c3C)c(C)c(C)c2C)nc1C.[Pt+2]. The number of aromatic nitrogens is 6. The summed E-state index contributed by atoms with van der Waals surface area (Å²) in [5.74, 6) is 1.66. The van der Waals surface area contributed by atoms with Crippen molar-refractivity contribution < 1.29 is 21.1 Å². The first-order valence-electron chi connectivity index (χ1n) is 11.3. The summed E-state index contributed by atoms with van der Waals surface area (Å²) in [5.41, 5.74) is 13.1. The van der Waals surface area contributed by atoms with Crippen LogP contribution < -0.4 is 0 Å². The van der Waals surface area contributed by atoms with Crippen LogP contribution in [0.5, 0.6) is 0 Å². The summed E-state index contributed by atoms with van der Waals surface area (Å²) in [6.45, 7) is 20.8. The number of rotatable bonds is 4. The van der Waals surface area contributed by atoms with Crippen molar-refractivity contribution in [2.24, 2.45) is 0 Å². The minimum Gasteiger partial charge on any atom is -0.343 e. The molecule has 0 aromatic carbocycles. The second-order valence-corrected chi connectivity index (χ2v) is 9.16. The molecule has 0 amide bonds. The zero-order valence-electron chi connectivity index (χ0n) is 21.7. The van der Waals surface area contributed by atoms with Crippen molar-refractivity contribution in [2.75, 3.05) is 0 Å². The molecule has 4 aromatic rings. The molecule has 0 bridgehead atoms. The van der Waals surface area contributed by atoms with E-state index in [2.05, 4.69) is 64.1 Å². The van der Waals surface area contributed by atoms with Crippen LogP contribution in [0.1, 0.15) is 67.3 Å². The average molecular weight is 636 g/mol. The zero-order chi connectivity index (χ0) is 24.2. The van der Waals surface area contributed by atoms with Gasteiger partial charge in [-0.15, -0.1) is 11.1 Å². The Kier molecular flexibility index (Phi) is 7.33. The van der Waals surface area contributed by atoms with Gasteiger partial charge in [0, 0.05) is 17.8 Å². The van der Waals surface area contributed by atoms with E-state index in [0.29, 0.717) is 6.42 Å². The monoisotopic (exact) mass is 635 g/mol. The Morgan fingerprint density at radius 2 is 0.882 bits per heavy atom. The van der Waals surface area contributed by atoms with E-state index in [1.54, 1.807) is 9.36 Å². The van der Waals surface area contributed by atoms with Gasteiger partial charge >= 0.3 is 21.1 Å². The second-order valence-electron chi connectivity index (χ2n) is 9.16. The normalized spacial score (nSPS) is 11.1. The maximum absolute atomic E-state index is 5.07. The number of nitrogens with zero attached hydrogens (tertiary/aromatic N) is 6. The van der Waals surface area contributed by atoms with Gasteiger partial charge in [-0.25, -0.2) is 0 Å². The molecule has 0 atom stereocenters. The molecule has 180 valence electrons. The fourth-order valence-corrected chi connectivity index (χ4v) is 4.02. The molecule has 0 aliphatic carbocycles. The molecular formula is C27H32N6Pt. The van der Waals surface area contributed by atoms with E-state index in [4.69, 9.17) is 9.97 Å². The van der Waals surface area contributed by atoms with Gasteiger partial charge in [0.25, 0.3) is 0 Å². The molecule has 0 saturated heterocycles. The summed E-state index contributed by atoms with van der Waals surface area (Å²) in [4.78, 5) is 10.1. The van der Waals surface area contributed by atoms with Crippen LogP contribution in [0.3, 0.4) is 0 Å². The average Bonchev–Trinajstić information content (AvgIpc) is 3.28. The van der Waals surface area contributed by atoms with Gasteiger partial charge in [0.2, 0.25) is 0 Å². The smallest absolute Gasteiger partial charge is 0.343 e. The molecule has 0 aliphatic rings. The summed E-state index contributed by atoms with van der Waals surface area (Å²) in [5, 5.41) is 9.27. The Morgan fingerprint density at radius 3 is 1.18 bits per heavy atom. The van der Waals surface area contributed by atoms with E-state index in [1.165, 1.54) is 22.3 Å². The van der Waals surface area contributed by atoms with Gasteiger partial charge in [-0.1, -0.05) is 62.3 Å². The fraction of sp³-hybridized carbons (Fsp3) is 0.407. The third-order valence-electron chi connectivity index (χ3n) is 7.14. The van der Waals surface area contributed by atoms with Gasteiger partial charge in [0.15, 0.2) is 0 Å². The van der Waals surface area contributed by atoms with E-state index in [9.17, 15) is 0 Å². The van der Waals surface area contributed by atoms with Crippen LogP contribution in [-0.4, -0.2) is 29.5 Å². The van der Waals surface area contributed by atoms with E-state index in [0.717, 1.165) is 56.7 Å². The van der Waals surface area contributed by atoms with Crippen molar-refractivity contribution in [1.82, 2.24) is 29.5 Å². The van der Waals surface area contributed by atoms with Crippen molar-refractivity contribution in [3.63, 3.8) is 0 Å². The van der Waals surface area contributed by atoms with Crippen molar-refractivity contribution in [3.8, 4) is 11.6 Å². The minimum atomic E-state index is 0. The number of pyridine rings is 2. The topological polar surface area (TPSA) is 61.4 Å². The predicted molar refractivity (Wildman–Crippen MR) is 131 cm³/mol. The molecule has 0 spiro atoms. The first-order chi connectivity index (χ1) is 15.5. The Hall–Kier alpha value is -2.59. The number of hydrogen-bond donors (Lipinski definition) is 0. The first-order valence-corrected chi connectivity index (χ1v) is 11.3. The van der Waals surface area contributed by atoms with Crippen molar-refractivity contribution in [3.05, 3.63) is 79.7 Å². The molecule has 4 heterocycles. The molecular weight excluding hydrogens is 603 g/mol. The van der Waals surface area contributed by atoms with Gasteiger partial charge < -0.3 is 9.36 Å². The van der Waals surface area contributed by atoms with Crippen LogP contribution in [0.25, 0.3) is 11.6 Å². The summed E-state index contributed by atoms with van der Waals surface area (Å²) >= 11 is 0. The van der Waals surface area contributed by atoms with Gasteiger partial charge in [0.05, 0.1) is 11.6 Å². The molecule has 0 N–H and O–H groups in total. The molecule has 0 aliphatic heterocycles. The summed E-state index contributed by atoms with van der Waals surface area (Å²) in [6.07, 6.45) is 7.27. The molecule has 4 aromatic heterocycles. The van der Waals surface area contributed by atoms with Gasteiger partial charge in [-0.3, -0.25) is 20.2 Å². The molecule has 0 radical (unpaired) electrons. The van der Waals surface area contributed by atoms with Crippen LogP contribution in [0.2, 0.25) is 0 Å². The molecule has 4 rings (SSSR count). The Balaban J connectivity index is 0.00000324. The quantitative estimate of drug-likeness (QED) is 0.292. The van der Waals surface area contributed by atoms with Crippen molar-refractivity contribution in [2.45, 2.75) is 75.7 Å². The Bertz CT molecular complexity index is 1250. The molecule has 34 heavy (non-hydrogen) atoms. The van der Waals surface area contributed by atoms with Crippen LogP contribution in [0, 0.1) is 81.6 Å². The maximum atomic E-state index is 5.07. The molecule has 0 unspecified atom stereocenters. The van der Waals surface area contributed by atoms with Crippen molar-refractivity contribution in [1.29, 1.82) is 0 Å². The fourth-order valence-electron chi connectivity index (χ4n) is 4.02. The Labute approximate surface area is 217 Å². The van der Waals surface area contributed by atoms with Gasteiger partial charge in [-0.2, -0.15) is 0 Å². The van der Waals surface area contributed by atoms with Gasteiger partial charge in [-0.05, 0) is 64.1 Å². The third kappa shape index (κ3) is 4.40. The largest absolute Gasteiger partial charge is 2.00 e. The number of hydrogen-bond acceptors (Lipinski definition) is 4. The summed E-state index contributed by atoms with van der Waals surface area (Å²) in [6, 6.07) is 0. The van der Waals surface area contributed by atoms with E-state index in [-0.39, 0.29) is 21.1 Å². The molecule has 0 fully saturated rings. The van der Waals surface area contributed by atoms with Crippen LogP contribution in [0.15, 0.2) is 0 Å². The van der Waals surface area contributed by atoms with E-state index in [1.807, 2.05) is 27.7 Å².